The summed E-state index contributed by atoms with van der Waals surface area (Å²) in [4.78, 5) is 29.1. The normalized spacial score (nSPS) is 12.0. The molecule has 7 nitrogen and oxygen atoms in total. The van der Waals surface area contributed by atoms with Crippen LogP contribution in [-0.2, 0) is 32.6 Å². The van der Waals surface area contributed by atoms with Crippen LogP contribution in [0.25, 0.3) is 0 Å². The van der Waals surface area contributed by atoms with Crippen LogP contribution in [0, 0.1) is 6.92 Å². The van der Waals surface area contributed by atoms with Gasteiger partial charge in [0.1, 0.15) is 6.04 Å². The lowest BCUT2D eigenvalue weighted by molar-refractivity contribution is -0.141. The Bertz CT molecular complexity index is 1440. The molecule has 0 bridgehead atoms. The molecule has 1 atom stereocenters. The van der Waals surface area contributed by atoms with Gasteiger partial charge in [0.25, 0.3) is 0 Å². The number of carbonyl (C=O) groups excluding carboxylic acids is 2. The summed E-state index contributed by atoms with van der Waals surface area (Å²) < 4.78 is 27.7. The summed E-state index contributed by atoms with van der Waals surface area (Å²) in [6.07, 6.45) is 3.62. The molecule has 0 radical (unpaired) electrons. The summed E-state index contributed by atoms with van der Waals surface area (Å²) in [7, 11) is -3.63. The van der Waals surface area contributed by atoms with Gasteiger partial charge in [-0.25, -0.2) is 8.42 Å². The van der Waals surface area contributed by atoms with Crippen LogP contribution in [0.15, 0.2) is 77.3 Å². The van der Waals surface area contributed by atoms with Crippen molar-refractivity contribution in [2.24, 2.45) is 0 Å². The molecule has 0 fully saturated rings. The number of amides is 2. The van der Waals surface area contributed by atoms with Gasteiger partial charge in [-0.2, -0.15) is 0 Å². The second kappa shape index (κ2) is 16.1. The van der Waals surface area contributed by atoms with Gasteiger partial charge < -0.3 is 10.2 Å². The van der Waals surface area contributed by atoms with Crippen LogP contribution in [0.5, 0.6) is 0 Å². The van der Waals surface area contributed by atoms with Gasteiger partial charge in [0.15, 0.2) is 0 Å². The minimum absolute atomic E-state index is 0.0652. The van der Waals surface area contributed by atoms with E-state index in [2.05, 4.69) is 28.2 Å². The number of carbonyl (C=O) groups is 2. The first-order valence-electron chi connectivity index (χ1n) is 14.1. The quantitative estimate of drug-likeness (QED) is 0.186. The standard InChI is InChI=1S/C32H39BrClN3O4S/c1-4-5-20-35-32(39)30(22-25-11-7-6-8-12-25)36(23-26-16-18-27(33)19-17-26)31(38)15-10-21-37(42(3,40)41)29-14-9-13-28(34)24(29)2/h6-9,11-14,16-19,30H,4-5,10,15,20-23H2,1-3H3,(H,35,39). The molecule has 2 amide bonds. The Hall–Kier alpha value is -2.88. The molecule has 0 spiro atoms. The number of unbranched alkanes of at least 4 members (excludes halogenated alkanes) is 1. The lowest BCUT2D eigenvalue weighted by atomic mass is 10.0. The van der Waals surface area contributed by atoms with Crippen molar-refractivity contribution in [1.29, 1.82) is 0 Å². The maximum atomic E-state index is 13.9. The van der Waals surface area contributed by atoms with Crippen molar-refractivity contribution in [2.45, 2.75) is 58.5 Å². The largest absolute Gasteiger partial charge is 0.354 e. The van der Waals surface area contributed by atoms with Crippen LogP contribution in [0.2, 0.25) is 5.02 Å². The fraction of sp³-hybridized carbons (Fsp3) is 0.375. The highest BCUT2D eigenvalue weighted by Gasteiger charge is 2.30. The monoisotopic (exact) mass is 675 g/mol. The minimum Gasteiger partial charge on any atom is -0.354 e. The fourth-order valence-corrected chi connectivity index (χ4v) is 6.15. The Morgan fingerprint density at radius 2 is 1.64 bits per heavy atom. The maximum Gasteiger partial charge on any atom is 0.243 e. The topological polar surface area (TPSA) is 86.8 Å². The molecule has 1 unspecified atom stereocenters. The summed E-state index contributed by atoms with van der Waals surface area (Å²) in [5.41, 5.74) is 2.97. The van der Waals surface area contributed by atoms with E-state index in [1.807, 2.05) is 54.6 Å². The average molecular weight is 677 g/mol. The first kappa shape index (κ1) is 33.6. The molecule has 0 saturated heterocycles. The Kier molecular flexibility index (Phi) is 12.9. The number of anilines is 1. The summed E-state index contributed by atoms with van der Waals surface area (Å²) in [5, 5.41) is 3.49. The number of rotatable bonds is 15. The zero-order chi connectivity index (χ0) is 30.7. The summed E-state index contributed by atoms with van der Waals surface area (Å²) >= 11 is 9.73. The summed E-state index contributed by atoms with van der Waals surface area (Å²) in [6, 6.07) is 21.7. The molecule has 226 valence electrons. The molecule has 0 aliphatic rings. The molecule has 10 heteroatoms. The molecule has 3 aromatic carbocycles. The summed E-state index contributed by atoms with van der Waals surface area (Å²) in [5.74, 6) is -0.425. The van der Waals surface area contributed by atoms with Crippen molar-refractivity contribution in [3.05, 3.63) is 99.0 Å². The van der Waals surface area contributed by atoms with E-state index in [0.717, 1.165) is 34.7 Å². The zero-order valence-electron chi connectivity index (χ0n) is 24.4. The van der Waals surface area contributed by atoms with Crippen molar-refractivity contribution in [3.63, 3.8) is 0 Å². The van der Waals surface area contributed by atoms with E-state index in [1.54, 1.807) is 30.0 Å². The molecular weight excluding hydrogens is 638 g/mol. The Morgan fingerprint density at radius 3 is 2.29 bits per heavy atom. The van der Waals surface area contributed by atoms with E-state index >= 15 is 0 Å². The number of hydrogen-bond acceptors (Lipinski definition) is 4. The van der Waals surface area contributed by atoms with E-state index in [0.29, 0.717) is 29.2 Å². The molecule has 1 N–H and O–H groups in total. The third-order valence-corrected chi connectivity index (χ3v) is 9.14. The maximum absolute atomic E-state index is 13.9. The average Bonchev–Trinajstić information content (AvgIpc) is 2.95. The van der Waals surface area contributed by atoms with Crippen molar-refractivity contribution < 1.29 is 18.0 Å². The van der Waals surface area contributed by atoms with E-state index in [-0.39, 0.29) is 37.7 Å². The van der Waals surface area contributed by atoms with E-state index in [9.17, 15) is 18.0 Å². The van der Waals surface area contributed by atoms with Crippen molar-refractivity contribution >= 4 is 55.1 Å². The van der Waals surface area contributed by atoms with Crippen LogP contribution >= 0.6 is 27.5 Å². The number of nitrogens with one attached hydrogen (secondary N) is 1. The van der Waals surface area contributed by atoms with E-state index in [1.165, 1.54) is 4.31 Å². The highest BCUT2D eigenvalue weighted by Crippen LogP contribution is 2.28. The third kappa shape index (κ3) is 9.85. The van der Waals surface area contributed by atoms with Gasteiger partial charge in [-0.1, -0.05) is 89.4 Å². The second-order valence-electron chi connectivity index (χ2n) is 10.3. The number of hydrogen-bond donors (Lipinski definition) is 1. The third-order valence-electron chi connectivity index (χ3n) is 7.03. The van der Waals surface area contributed by atoms with E-state index in [4.69, 9.17) is 11.6 Å². The van der Waals surface area contributed by atoms with Gasteiger partial charge in [-0.15, -0.1) is 0 Å². The van der Waals surface area contributed by atoms with Crippen LogP contribution in [0.1, 0.15) is 49.3 Å². The predicted octanol–water partition coefficient (Wildman–Crippen LogP) is 6.51. The molecular formula is C32H39BrClN3O4S. The van der Waals surface area contributed by atoms with Gasteiger partial charge in [-0.05, 0) is 60.7 Å². The fourth-order valence-electron chi connectivity index (χ4n) is 4.70. The lowest BCUT2D eigenvalue weighted by Gasteiger charge is -2.32. The number of sulfonamides is 1. The van der Waals surface area contributed by atoms with Crippen LogP contribution < -0.4 is 9.62 Å². The molecule has 0 aliphatic carbocycles. The molecule has 0 heterocycles. The SMILES string of the molecule is CCCCNC(=O)C(Cc1ccccc1)N(Cc1ccc(Br)cc1)C(=O)CCCN(c1cccc(Cl)c1C)S(C)(=O)=O. The molecule has 3 aromatic rings. The smallest absolute Gasteiger partial charge is 0.243 e. The second-order valence-corrected chi connectivity index (χ2v) is 13.6. The Balaban J connectivity index is 1.88. The van der Waals surface area contributed by atoms with Gasteiger partial charge in [0.05, 0.1) is 11.9 Å². The molecule has 0 aliphatic heterocycles. The minimum atomic E-state index is -3.63. The van der Waals surface area contributed by atoms with Gasteiger partial charge in [0.2, 0.25) is 21.8 Å². The van der Waals surface area contributed by atoms with Crippen molar-refractivity contribution in [3.8, 4) is 0 Å². The molecule has 42 heavy (non-hydrogen) atoms. The lowest BCUT2D eigenvalue weighted by Crippen LogP contribution is -2.50. The predicted molar refractivity (Wildman–Crippen MR) is 174 cm³/mol. The zero-order valence-corrected chi connectivity index (χ0v) is 27.5. The highest BCUT2D eigenvalue weighted by molar-refractivity contribution is 9.10. The Morgan fingerprint density at radius 1 is 0.952 bits per heavy atom. The highest BCUT2D eigenvalue weighted by atomic mass is 79.9. The van der Waals surface area contributed by atoms with E-state index < -0.39 is 16.1 Å². The van der Waals surface area contributed by atoms with Gasteiger partial charge in [0, 0.05) is 42.0 Å². The Labute approximate surface area is 263 Å². The van der Waals surface area contributed by atoms with Crippen LogP contribution in [0.4, 0.5) is 5.69 Å². The van der Waals surface area contributed by atoms with Gasteiger partial charge >= 0.3 is 0 Å². The first-order valence-corrected chi connectivity index (χ1v) is 17.1. The first-order chi connectivity index (χ1) is 20.0. The van der Waals surface area contributed by atoms with Crippen LogP contribution in [-0.4, -0.2) is 50.5 Å². The molecule has 0 aromatic heterocycles. The number of nitrogens with zero attached hydrogens (tertiary/aromatic N) is 2. The van der Waals surface area contributed by atoms with Gasteiger partial charge in [-0.3, -0.25) is 13.9 Å². The van der Waals surface area contributed by atoms with Crippen LogP contribution in [0.3, 0.4) is 0 Å². The van der Waals surface area contributed by atoms with Crippen molar-refractivity contribution in [1.82, 2.24) is 10.2 Å². The van der Waals surface area contributed by atoms with Crippen molar-refractivity contribution in [2.75, 3.05) is 23.7 Å². The summed E-state index contributed by atoms with van der Waals surface area (Å²) in [6.45, 7) is 4.70. The molecule has 3 rings (SSSR count). The number of benzene rings is 3. The molecule has 0 saturated carbocycles. The number of halogens is 2.